The molecule has 2 N–H and O–H groups in total. The summed E-state index contributed by atoms with van der Waals surface area (Å²) in [5.74, 6) is 1.01. The van der Waals surface area contributed by atoms with Gasteiger partial charge in [-0.3, -0.25) is 4.79 Å². The summed E-state index contributed by atoms with van der Waals surface area (Å²) in [4.78, 5) is 15.7. The SMILES string of the molecule is Cc1ccccc1OCCCC(=O)NC1Cc2[nH]c3ccccc3c2C1. The van der Waals surface area contributed by atoms with Gasteiger partial charge in [-0.1, -0.05) is 36.4 Å². The van der Waals surface area contributed by atoms with Crippen LogP contribution in [0.5, 0.6) is 5.75 Å². The number of para-hydroxylation sites is 2. The van der Waals surface area contributed by atoms with Gasteiger partial charge in [0.2, 0.25) is 5.91 Å². The zero-order chi connectivity index (χ0) is 17.9. The quantitative estimate of drug-likeness (QED) is 0.664. The number of nitrogens with one attached hydrogen (secondary N) is 2. The molecule has 1 atom stereocenters. The largest absolute Gasteiger partial charge is 0.493 e. The molecule has 1 aliphatic carbocycles. The lowest BCUT2D eigenvalue weighted by molar-refractivity contribution is -0.121. The van der Waals surface area contributed by atoms with Gasteiger partial charge in [-0.05, 0) is 43.0 Å². The standard InChI is InChI=1S/C22H24N2O2/c1-15-7-2-5-10-21(15)26-12-6-11-22(25)23-16-13-18-17-8-3-4-9-19(17)24-20(18)14-16/h2-5,7-10,16,24H,6,11-14H2,1H3,(H,23,25). The maximum Gasteiger partial charge on any atom is 0.220 e. The minimum absolute atomic E-state index is 0.109. The van der Waals surface area contributed by atoms with Gasteiger partial charge in [0.15, 0.2) is 0 Å². The monoisotopic (exact) mass is 348 g/mol. The first-order chi connectivity index (χ1) is 12.7. The average Bonchev–Trinajstić information content (AvgIpc) is 3.17. The molecule has 2 aromatic carbocycles. The van der Waals surface area contributed by atoms with Crippen LogP contribution in [0, 0.1) is 6.92 Å². The van der Waals surface area contributed by atoms with E-state index in [4.69, 9.17) is 4.74 Å². The van der Waals surface area contributed by atoms with E-state index < -0.39 is 0 Å². The van der Waals surface area contributed by atoms with Crippen molar-refractivity contribution in [3.8, 4) is 5.75 Å². The fraction of sp³-hybridized carbons (Fsp3) is 0.318. The Bertz CT molecular complexity index is 929. The second-order valence-electron chi connectivity index (χ2n) is 7.02. The van der Waals surface area contributed by atoms with E-state index in [-0.39, 0.29) is 11.9 Å². The number of aromatic amines is 1. The van der Waals surface area contributed by atoms with Gasteiger partial charge in [0.1, 0.15) is 5.75 Å². The number of aryl methyl sites for hydroxylation is 1. The van der Waals surface area contributed by atoms with Crippen molar-refractivity contribution in [1.29, 1.82) is 0 Å². The Kier molecular flexibility index (Phi) is 4.65. The fourth-order valence-corrected chi connectivity index (χ4v) is 3.76. The number of ether oxygens (including phenoxy) is 1. The van der Waals surface area contributed by atoms with Crippen molar-refractivity contribution in [3.63, 3.8) is 0 Å². The number of aromatic nitrogens is 1. The Morgan fingerprint density at radius 1 is 1.15 bits per heavy atom. The fourth-order valence-electron chi connectivity index (χ4n) is 3.76. The molecule has 1 heterocycles. The van der Waals surface area contributed by atoms with E-state index in [0.717, 1.165) is 30.6 Å². The summed E-state index contributed by atoms with van der Waals surface area (Å²) >= 11 is 0. The highest BCUT2D eigenvalue weighted by atomic mass is 16.5. The molecular weight excluding hydrogens is 324 g/mol. The molecule has 0 spiro atoms. The van der Waals surface area contributed by atoms with Crippen molar-refractivity contribution in [1.82, 2.24) is 10.3 Å². The Hall–Kier alpha value is -2.75. The van der Waals surface area contributed by atoms with Crippen LogP contribution in [-0.2, 0) is 17.6 Å². The maximum absolute atomic E-state index is 12.2. The van der Waals surface area contributed by atoms with Crippen molar-refractivity contribution in [2.45, 2.75) is 38.6 Å². The Morgan fingerprint density at radius 2 is 1.96 bits per heavy atom. The highest BCUT2D eigenvalue weighted by Gasteiger charge is 2.26. The molecule has 4 rings (SSSR count). The van der Waals surface area contributed by atoms with E-state index in [1.807, 2.05) is 37.3 Å². The number of rotatable bonds is 6. The third kappa shape index (κ3) is 3.45. The minimum Gasteiger partial charge on any atom is -0.493 e. The molecule has 0 aliphatic heterocycles. The van der Waals surface area contributed by atoms with Crippen LogP contribution in [0.2, 0.25) is 0 Å². The number of carbonyl (C=O) groups is 1. The Labute approximate surface area is 153 Å². The molecule has 0 saturated carbocycles. The molecule has 0 bridgehead atoms. The van der Waals surface area contributed by atoms with Crippen LogP contribution in [0.25, 0.3) is 10.9 Å². The molecule has 0 saturated heterocycles. The van der Waals surface area contributed by atoms with Crippen LogP contribution in [0.15, 0.2) is 48.5 Å². The molecule has 1 aliphatic rings. The number of benzene rings is 2. The van der Waals surface area contributed by atoms with Gasteiger partial charge in [-0.15, -0.1) is 0 Å². The van der Waals surface area contributed by atoms with Gasteiger partial charge in [-0.25, -0.2) is 0 Å². The van der Waals surface area contributed by atoms with Crippen LogP contribution < -0.4 is 10.1 Å². The first-order valence-corrected chi connectivity index (χ1v) is 9.27. The lowest BCUT2D eigenvalue weighted by Crippen LogP contribution is -2.35. The normalized spacial score (nSPS) is 15.8. The highest BCUT2D eigenvalue weighted by molar-refractivity contribution is 5.85. The van der Waals surface area contributed by atoms with Gasteiger partial charge in [0.05, 0.1) is 6.61 Å². The summed E-state index contributed by atoms with van der Waals surface area (Å²) in [5, 5.41) is 4.46. The van der Waals surface area contributed by atoms with Crippen molar-refractivity contribution in [3.05, 3.63) is 65.4 Å². The van der Waals surface area contributed by atoms with Gasteiger partial charge in [-0.2, -0.15) is 0 Å². The van der Waals surface area contributed by atoms with Crippen molar-refractivity contribution >= 4 is 16.8 Å². The summed E-state index contributed by atoms with van der Waals surface area (Å²) in [6.45, 7) is 2.59. The van der Waals surface area contributed by atoms with Gasteiger partial charge < -0.3 is 15.0 Å². The minimum atomic E-state index is 0.109. The molecular formula is C22H24N2O2. The molecule has 0 radical (unpaired) electrons. The Balaban J connectivity index is 1.24. The maximum atomic E-state index is 12.2. The molecule has 26 heavy (non-hydrogen) atoms. The number of carbonyl (C=O) groups excluding carboxylic acids is 1. The smallest absolute Gasteiger partial charge is 0.220 e. The summed E-state index contributed by atoms with van der Waals surface area (Å²) in [7, 11) is 0. The summed E-state index contributed by atoms with van der Waals surface area (Å²) in [6, 6.07) is 16.5. The van der Waals surface area contributed by atoms with E-state index in [0.29, 0.717) is 13.0 Å². The predicted octanol–water partition coefficient (Wildman–Crippen LogP) is 3.92. The molecule has 3 aromatic rings. The number of hydrogen-bond donors (Lipinski definition) is 2. The van der Waals surface area contributed by atoms with Gasteiger partial charge in [0.25, 0.3) is 0 Å². The first-order valence-electron chi connectivity index (χ1n) is 9.27. The number of hydrogen-bond acceptors (Lipinski definition) is 2. The predicted molar refractivity (Wildman–Crippen MR) is 104 cm³/mol. The lowest BCUT2D eigenvalue weighted by Gasteiger charge is -2.13. The zero-order valence-electron chi connectivity index (χ0n) is 15.0. The van der Waals surface area contributed by atoms with Crippen LogP contribution in [0.4, 0.5) is 0 Å². The molecule has 134 valence electrons. The van der Waals surface area contributed by atoms with Crippen molar-refractivity contribution in [2.24, 2.45) is 0 Å². The van der Waals surface area contributed by atoms with Crippen molar-refractivity contribution < 1.29 is 9.53 Å². The van der Waals surface area contributed by atoms with E-state index in [1.165, 1.54) is 22.2 Å². The third-order valence-electron chi connectivity index (χ3n) is 5.07. The number of H-pyrrole nitrogens is 1. The van der Waals surface area contributed by atoms with Crippen LogP contribution in [0.1, 0.15) is 29.7 Å². The zero-order valence-corrected chi connectivity index (χ0v) is 15.0. The van der Waals surface area contributed by atoms with E-state index >= 15 is 0 Å². The second-order valence-corrected chi connectivity index (χ2v) is 7.02. The van der Waals surface area contributed by atoms with Crippen LogP contribution in [0.3, 0.4) is 0 Å². The molecule has 1 unspecified atom stereocenters. The van der Waals surface area contributed by atoms with E-state index in [2.05, 4.69) is 28.5 Å². The molecule has 4 heteroatoms. The second kappa shape index (κ2) is 7.24. The first kappa shape index (κ1) is 16.7. The van der Waals surface area contributed by atoms with Crippen LogP contribution in [-0.4, -0.2) is 23.5 Å². The summed E-state index contributed by atoms with van der Waals surface area (Å²) in [5.41, 5.74) is 4.93. The van der Waals surface area contributed by atoms with E-state index in [1.54, 1.807) is 0 Å². The van der Waals surface area contributed by atoms with Gasteiger partial charge in [0, 0.05) is 35.5 Å². The lowest BCUT2D eigenvalue weighted by atomic mass is 10.1. The van der Waals surface area contributed by atoms with Gasteiger partial charge >= 0.3 is 0 Å². The topological polar surface area (TPSA) is 54.1 Å². The number of fused-ring (bicyclic) bond motifs is 3. The highest BCUT2D eigenvalue weighted by Crippen LogP contribution is 2.30. The summed E-state index contributed by atoms with van der Waals surface area (Å²) < 4.78 is 5.76. The van der Waals surface area contributed by atoms with E-state index in [9.17, 15) is 4.79 Å². The average molecular weight is 348 g/mol. The Morgan fingerprint density at radius 3 is 2.85 bits per heavy atom. The van der Waals surface area contributed by atoms with Crippen LogP contribution >= 0.6 is 0 Å². The third-order valence-corrected chi connectivity index (χ3v) is 5.07. The summed E-state index contributed by atoms with van der Waals surface area (Å²) in [6.07, 6.45) is 3.01. The number of amides is 1. The van der Waals surface area contributed by atoms with Crippen molar-refractivity contribution in [2.75, 3.05) is 6.61 Å². The molecule has 1 aromatic heterocycles. The molecule has 0 fully saturated rings. The molecule has 1 amide bonds. The molecule has 4 nitrogen and oxygen atoms in total.